The first-order valence-corrected chi connectivity index (χ1v) is 21.4. The van der Waals surface area contributed by atoms with Crippen LogP contribution < -0.4 is 0 Å². The van der Waals surface area contributed by atoms with E-state index in [1.54, 1.807) is 0 Å². The first-order valence-electron chi connectivity index (χ1n) is 18.0. The molecule has 0 rings (SSSR count). The monoisotopic (exact) mass is 714 g/mol. The molecule has 0 fully saturated rings. The number of carbonyl (C=O) groups excluding carboxylic acids is 1. The summed E-state index contributed by atoms with van der Waals surface area (Å²) >= 11 is 0. The fourth-order valence-corrected chi connectivity index (χ4v) is 4.52. The molecule has 0 amide bonds. The lowest BCUT2D eigenvalue weighted by atomic mass is 10.1. The maximum Gasteiger partial charge on any atom is 0.305 e. The summed E-state index contributed by atoms with van der Waals surface area (Å²) in [5.74, 6) is -0.143. The van der Waals surface area contributed by atoms with Gasteiger partial charge in [0.1, 0.15) is 6.61 Å². The maximum atomic E-state index is 11.7. The number of ether oxygens (including phenoxy) is 11. The van der Waals surface area contributed by atoms with E-state index in [0.717, 1.165) is 12.8 Å². The van der Waals surface area contributed by atoms with E-state index in [0.29, 0.717) is 145 Å². The van der Waals surface area contributed by atoms with Gasteiger partial charge in [-0.2, -0.15) is 0 Å². The van der Waals surface area contributed by atoms with Crippen molar-refractivity contribution in [3.05, 3.63) is 0 Å². The molecule has 0 unspecified atom stereocenters. The molecule has 0 aliphatic heterocycles. The van der Waals surface area contributed by atoms with Gasteiger partial charge < -0.3 is 56.5 Å². The minimum absolute atomic E-state index is 0.143. The van der Waals surface area contributed by atoms with Crippen molar-refractivity contribution in [2.75, 3.05) is 145 Å². The average molecular weight is 715 g/mol. The van der Waals surface area contributed by atoms with Crippen LogP contribution in [0.25, 0.3) is 0 Å². The van der Waals surface area contributed by atoms with E-state index in [9.17, 15) is 4.79 Å². The van der Waals surface area contributed by atoms with Gasteiger partial charge in [0, 0.05) is 6.42 Å². The molecule has 0 aliphatic rings. The SMILES string of the molecule is CCCCCCCCC(=O)OCCOCCOCCOCCOCCOCCOCCOCCOCCOCCOCCO[Si](C)(C)C. The lowest BCUT2D eigenvalue weighted by Crippen LogP contribution is -2.27. The van der Waals surface area contributed by atoms with Crippen molar-refractivity contribution < 1.29 is 61.3 Å². The molecule has 0 N–H and O–H groups in total. The van der Waals surface area contributed by atoms with Crippen molar-refractivity contribution in [3.8, 4) is 0 Å². The largest absolute Gasteiger partial charge is 0.463 e. The van der Waals surface area contributed by atoms with Gasteiger partial charge >= 0.3 is 5.97 Å². The van der Waals surface area contributed by atoms with Gasteiger partial charge in [0.15, 0.2) is 8.32 Å². The smallest absolute Gasteiger partial charge is 0.305 e. The van der Waals surface area contributed by atoms with Gasteiger partial charge in [-0.25, -0.2) is 0 Å². The van der Waals surface area contributed by atoms with Crippen molar-refractivity contribution in [3.63, 3.8) is 0 Å². The highest BCUT2D eigenvalue weighted by Crippen LogP contribution is 2.07. The second-order valence-corrected chi connectivity index (χ2v) is 16.3. The summed E-state index contributed by atoms with van der Waals surface area (Å²) in [4.78, 5) is 11.7. The summed E-state index contributed by atoms with van der Waals surface area (Å²) in [5, 5.41) is 0. The van der Waals surface area contributed by atoms with Gasteiger partial charge in [-0.3, -0.25) is 4.79 Å². The lowest BCUT2D eigenvalue weighted by Gasteiger charge is -2.16. The quantitative estimate of drug-likeness (QED) is 0.0508. The highest BCUT2D eigenvalue weighted by Gasteiger charge is 2.13. The van der Waals surface area contributed by atoms with Crippen LogP contribution in [0.5, 0.6) is 0 Å². The molecule has 0 aromatic heterocycles. The molecule has 0 aromatic carbocycles. The van der Waals surface area contributed by atoms with Gasteiger partial charge in [-0.1, -0.05) is 39.0 Å². The molecule has 0 heterocycles. The van der Waals surface area contributed by atoms with E-state index in [4.69, 9.17) is 56.5 Å². The van der Waals surface area contributed by atoms with Crippen LogP contribution >= 0.6 is 0 Å². The third kappa shape index (κ3) is 43.3. The van der Waals surface area contributed by atoms with Gasteiger partial charge in [0.25, 0.3) is 0 Å². The molecular formula is C34H70O13Si. The van der Waals surface area contributed by atoms with Crippen LogP contribution in [0.4, 0.5) is 0 Å². The number of unbranched alkanes of at least 4 members (excludes halogenated alkanes) is 5. The molecule has 0 aliphatic carbocycles. The van der Waals surface area contributed by atoms with E-state index in [1.807, 2.05) is 0 Å². The Labute approximate surface area is 292 Å². The van der Waals surface area contributed by atoms with Crippen molar-refractivity contribution >= 4 is 14.3 Å². The second kappa shape index (κ2) is 39.0. The summed E-state index contributed by atoms with van der Waals surface area (Å²) in [6, 6.07) is 0. The first kappa shape index (κ1) is 47.2. The lowest BCUT2D eigenvalue weighted by molar-refractivity contribution is -0.145. The molecule has 0 saturated carbocycles. The standard InChI is InChI=1S/C34H70O13Si/c1-5-6-7-8-9-10-11-34(35)46-32-30-44-28-26-42-24-22-40-20-18-38-16-14-36-12-13-37-15-17-39-19-21-41-23-25-43-27-29-45-31-33-47-48(2,3)4/h5-33H2,1-4H3. The molecule has 0 bridgehead atoms. The summed E-state index contributed by atoms with van der Waals surface area (Å²) in [6.07, 6.45) is 7.43. The van der Waals surface area contributed by atoms with Crippen molar-refractivity contribution in [1.82, 2.24) is 0 Å². The summed E-state index contributed by atoms with van der Waals surface area (Å²) in [5.41, 5.74) is 0. The fourth-order valence-electron chi connectivity index (χ4n) is 3.82. The van der Waals surface area contributed by atoms with Gasteiger partial charge in [-0.15, -0.1) is 0 Å². The third-order valence-corrected chi connectivity index (χ3v) is 7.41. The zero-order valence-electron chi connectivity index (χ0n) is 30.8. The highest BCUT2D eigenvalue weighted by atomic mass is 28.4. The molecule has 0 atom stereocenters. The number of carbonyl (C=O) groups is 1. The normalized spacial score (nSPS) is 11.8. The molecule has 288 valence electrons. The maximum absolute atomic E-state index is 11.7. The molecule has 0 aromatic rings. The zero-order chi connectivity index (χ0) is 35.1. The predicted octanol–water partition coefficient (Wildman–Crippen LogP) is 4.30. The first-order chi connectivity index (χ1) is 23.5. The van der Waals surface area contributed by atoms with Crippen LogP contribution in [-0.2, 0) is 61.3 Å². The van der Waals surface area contributed by atoms with Crippen molar-refractivity contribution in [1.29, 1.82) is 0 Å². The van der Waals surface area contributed by atoms with Crippen LogP contribution in [0, 0.1) is 0 Å². The molecular weight excluding hydrogens is 644 g/mol. The van der Waals surface area contributed by atoms with Crippen LogP contribution in [0.1, 0.15) is 51.9 Å². The Bertz CT molecular complexity index is 641. The van der Waals surface area contributed by atoms with Gasteiger partial charge in [0.2, 0.25) is 0 Å². The Morgan fingerprint density at radius 2 is 0.646 bits per heavy atom. The summed E-state index contributed by atoms with van der Waals surface area (Å²) in [6.45, 7) is 19.8. The predicted molar refractivity (Wildman–Crippen MR) is 186 cm³/mol. The second-order valence-electron chi connectivity index (χ2n) is 11.8. The molecule has 0 radical (unpaired) electrons. The third-order valence-electron chi connectivity index (χ3n) is 6.34. The Morgan fingerprint density at radius 1 is 0.375 bits per heavy atom. The van der Waals surface area contributed by atoms with E-state index in [-0.39, 0.29) is 12.6 Å². The van der Waals surface area contributed by atoms with E-state index in [1.165, 1.54) is 25.7 Å². The minimum atomic E-state index is -1.45. The zero-order valence-corrected chi connectivity index (χ0v) is 31.8. The number of esters is 1. The summed E-state index contributed by atoms with van der Waals surface area (Å²) in [7, 11) is -1.45. The topological polar surface area (TPSA) is 128 Å². The van der Waals surface area contributed by atoms with Crippen LogP contribution in [0.2, 0.25) is 19.6 Å². The molecule has 14 heteroatoms. The fraction of sp³-hybridized carbons (Fsp3) is 0.971. The summed E-state index contributed by atoms with van der Waals surface area (Å²) < 4.78 is 65.6. The van der Waals surface area contributed by atoms with Crippen LogP contribution in [-0.4, -0.2) is 160 Å². The average Bonchev–Trinajstić information content (AvgIpc) is 3.06. The Hall–Kier alpha value is -0.753. The van der Waals surface area contributed by atoms with Crippen LogP contribution in [0.3, 0.4) is 0 Å². The molecule has 48 heavy (non-hydrogen) atoms. The molecule has 0 saturated heterocycles. The number of hydrogen-bond donors (Lipinski definition) is 0. The molecule has 13 nitrogen and oxygen atoms in total. The van der Waals surface area contributed by atoms with Gasteiger partial charge in [0.05, 0.1) is 139 Å². The van der Waals surface area contributed by atoms with Crippen molar-refractivity contribution in [2.24, 2.45) is 0 Å². The highest BCUT2D eigenvalue weighted by molar-refractivity contribution is 6.69. The molecule has 0 spiro atoms. The Kier molecular flexibility index (Phi) is 38.4. The Balaban J connectivity index is 3.11. The van der Waals surface area contributed by atoms with E-state index < -0.39 is 8.32 Å². The number of rotatable bonds is 41. The Morgan fingerprint density at radius 3 is 0.958 bits per heavy atom. The van der Waals surface area contributed by atoms with Crippen LogP contribution in [0.15, 0.2) is 0 Å². The number of hydrogen-bond acceptors (Lipinski definition) is 13. The van der Waals surface area contributed by atoms with E-state index in [2.05, 4.69) is 26.6 Å². The van der Waals surface area contributed by atoms with Gasteiger partial charge in [-0.05, 0) is 26.1 Å². The van der Waals surface area contributed by atoms with E-state index >= 15 is 0 Å². The van der Waals surface area contributed by atoms with Crippen molar-refractivity contribution in [2.45, 2.75) is 71.5 Å². The minimum Gasteiger partial charge on any atom is -0.463 e.